The van der Waals surface area contributed by atoms with Crippen molar-refractivity contribution >= 4 is 16.7 Å². The van der Waals surface area contributed by atoms with E-state index in [0.29, 0.717) is 0 Å². The van der Waals surface area contributed by atoms with E-state index in [1.807, 2.05) is 13.8 Å². The molecule has 0 amide bonds. The minimum absolute atomic E-state index is 0.951. The molecule has 2 fully saturated rings. The number of benzene rings is 1. The number of aromatic nitrogens is 4. The van der Waals surface area contributed by atoms with Crippen molar-refractivity contribution < 1.29 is 0 Å². The lowest BCUT2D eigenvalue weighted by molar-refractivity contribution is 0.248. The summed E-state index contributed by atoms with van der Waals surface area (Å²) in [5.41, 5.74) is 9.57. The molecule has 6 nitrogen and oxygen atoms in total. The first-order valence-electron chi connectivity index (χ1n) is 12.8. The quantitative estimate of drug-likeness (QED) is 0.407. The molecule has 6 rings (SSSR count). The number of anilines is 1. The van der Waals surface area contributed by atoms with Crippen LogP contribution in [-0.2, 0) is 7.05 Å². The van der Waals surface area contributed by atoms with Crippen molar-refractivity contribution in [1.82, 2.24) is 24.4 Å². The first kappa shape index (κ1) is 22.2. The van der Waals surface area contributed by atoms with Gasteiger partial charge in [-0.2, -0.15) is 0 Å². The monoisotopic (exact) mass is 466 g/mol. The van der Waals surface area contributed by atoms with Gasteiger partial charge in [-0.3, -0.25) is 14.9 Å². The van der Waals surface area contributed by atoms with Crippen molar-refractivity contribution in [3.63, 3.8) is 0 Å². The minimum atomic E-state index is 0.951. The van der Waals surface area contributed by atoms with E-state index in [9.17, 15) is 0 Å². The second kappa shape index (κ2) is 8.76. The standard InChI is InChI=1S/C29H34N6/c1-19-15-24(16-20(2)30-19)29-32-28-21(3)31-26(17-27(28)33(29)4)23-7-9-25(10-8-23)35-13-11-34(12-14-35)18-22-5-6-22/h7-10,15-17,22H,5-6,11-14,18H2,1-4H3. The van der Waals surface area contributed by atoms with Crippen molar-refractivity contribution in [1.29, 1.82) is 0 Å². The highest BCUT2D eigenvalue weighted by Crippen LogP contribution is 2.32. The normalized spacial score (nSPS) is 16.9. The zero-order valence-electron chi connectivity index (χ0n) is 21.3. The highest BCUT2D eigenvalue weighted by atomic mass is 15.3. The van der Waals surface area contributed by atoms with Crippen LogP contribution < -0.4 is 4.90 Å². The van der Waals surface area contributed by atoms with E-state index in [-0.39, 0.29) is 0 Å². The number of aryl methyl sites for hydroxylation is 4. The third kappa shape index (κ3) is 4.43. The van der Waals surface area contributed by atoms with E-state index in [0.717, 1.165) is 69.8 Å². The topological polar surface area (TPSA) is 50.1 Å². The fourth-order valence-electron chi connectivity index (χ4n) is 5.40. The summed E-state index contributed by atoms with van der Waals surface area (Å²) in [5.74, 6) is 1.93. The molecule has 1 saturated carbocycles. The molecule has 4 heterocycles. The van der Waals surface area contributed by atoms with Gasteiger partial charge in [0.25, 0.3) is 0 Å². The van der Waals surface area contributed by atoms with Crippen molar-refractivity contribution in [2.75, 3.05) is 37.6 Å². The molecule has 4 aromatic rings. The van der Waals surface area contributed by atoms with Crippen LogP contribution in [0, 0.1) is 26.7 Å². The van der Waals surface area contributed by atoms with Gasteiger partial charge in [0.15, 0.2) is 0 Å². The summed E-state index contributed by atoms with van der Waals surface area (Å²) in [7, 11) is 2.09. The molecule has 0 atom stereocenters. The SMILES string of the molecule is Cc1cc(-c2nc3c(C)nc(-c4ccc(N5CCN(CC6CC6)CC5)cc4)cc3n2C)cc(C)n1. The van der Waals surface area contributed by atoms with E-state index in [1.54, 1.807) is 0 Å². The van der Waals surface area contributed by atoms with Crippen LogP contribution in [0.15, 0.2) is 42.5 Å². The zero-order valence-corrected chi connectivity index (χ0v) is 21.3. The van der Waals surface area contributed by atoms with Crippen LogP contribution in [-0.4, -0.2) is 57.1 Å². The number of rotatable bonds is 5. The van der Waals surface area contributed by atoms with E-state index >= 15 is 0 Å². The highest BCUT2D eigenvalue weighted by molar-refractivity contribution is 5.86. The Morgan fingerprint density at radius 1 is 0.800 bits per heavy atom. The van der Waals surface area contributed by atoms with Crippen molar-refractivity contribution in [2.24, 2.45) is 13.0 Å². The molecule has 0 spiro atoms. The largest absolute Gasteiger partial charge is 0.369 e. The summed E-state index contributed by atoms with van der Waals surface area (Å²) >= 11 is 0. The number of fused-ring (bicyclic) bond motifs is 1. The molecule has 1 aliphatic carbocycles. The second-order valence-electron chi connectivity index (χ2n) is 10.4. The molecule has 2 aliphatic rings. The van der Waals surface area contributed by atoms with Crippen molar-refractivity contribution in [2.45, 2.75) is 33.6 Å². The fraction of sp³-hybridized carbons (Fsp3) is 0.414. The number of nitrogens with zero attached hydrogens (tertiary/aromatic N) is 6. The van der Waals surface area contributed by atoms with E-state index < -0.39 is 0 Å². The molecule has 35 heavy (non-hydrogen) atoms. The molecular formula is C29H34N6. The molecule has 6 heteroatoms. The summed E-state index contributed by atoms with van der Waals surface area (Å²) in [6.07, 6.45) is 2.87. The molecule has 1 aromatic carbocycles. The Morgan fingerprint density at radius 2 is 1.49 bits per heavy atom. The van der Waals surface area contributed by atoms with Crippen LogP contribution in [0.4, 0.5) is 5.69 Å². The van der Waals surface area contributed by atoms with Crippen LogP contribution >= 0.6 is 0 Å². The Balaban J connectivity index is 1.26. The van der Waals surface area contributed by atoms with Gasteiger partial charge in [-0.15, -0.1) is 0 Å². The van der Waals surface area contributed by atoms with Gasteiger partial charge in [-0.1, -0.05) is 12.1 Å². The predicted molar refractivity (Wildman–Crippen MR) is 143 cm³/mol. The maximum atomic E-state index is 4.96. The Bertz CT molecular complexity index is 1350. The Hall–Kier alpha value is -3.25. The van der Waals surface area contributed by atoms with Gasteiger partial charge in [-0.25, -0.2) is 4.98 Å². The number of hydrogen-bond acceptors (Lipinski definition) is 5. The van der Waals surface area contributed by atoms with Gasteiger partial charge in [0, 0.05) is 68.0 Å². The Morgan fingerprint density at radius 3 is 2.14 bits per heavy atom. The van der Waals surface area contributed by atoms with Crippen LogP contribution in [0.3, 0.4) is 0 Å². The Kier molecular flexibility index (Phi) is 5.56. The first-order valence-corrected chi connectivity index (χ1v) is 12.8. The number of piperazine rings is 1. The maximum Gasteiger partial charge on any atom is 0.141 e. The van der Waals surface area contributed by atoms with Gasteiger partial charge in [0.1, 0.15) is 11.3 Å². The maximum absolute atomic E-state index is 4.96. The summed E-state index contributed by atoms with van der Waals surface area (Å²) in [4.78, 5) is 19.6. The first-order chi connectivity index (χ1) is 16.9. The van der Waals surface area contributed by atoms with E-state index in [1.165, 1.54) is 38.2 Å². The minimum Gasteiger partial charge on any atom is -0.369 e. The van der Waals surface area contributed by atoms with Crippen LogP contribution in [0.5, 0.6) is 0 Å². The fourth-order valence-corrected chi connectivity index (χ4v) is 5.40. The lowest BCUT2D eigenvalue weighted by Crippen LogP contribution is -2.47. The number of imidazole rings is 1. The van der Waals surface area contributed by atoms with E-state index in [2.05, 4.69) is 75.8 Å². The predicted octanol–water partition coefficient (Wildman–Crippen LogP) is 5.15. The lowest BCUT2D eigenvalue weighted by Gasteiger charge is -2.36. The summed E-state index contributed by atoms with van der Waals surface area (Å²) in [6.45, 7) is 12.0. The highest BCUT2D eigenvalue weighted by Gasteiger charge is 2.26. The van der Waals surface area contributed by atoms with Gasteiger partial charge in [0.05, 0.1) is 16.9 Å². The molecular weight excluding hydrogens is 432 g/mol. The molecule has 0 bridgehead atoms. The van der Waals surface area contributed by atoms with Crippen LogP contribution in [0.25, 0.3) is 33.7 Å². The van der Waals surface area contributed by atoms with Crippen LogP contribution in [0.1, 0.15) is 29.9 Å². The Labute approximate surface area is 207 Å². The number of pyridine rings is 2. The average Bonchev–Trinajstić information content (AvgIpc) is 3.60. The molecule has 3 aromatic heterocycles. The van der Waals surface area contributed by atoms with E-state index in [4.69, 9.17) is 9.97 Å². The van der Waals surface area contributed by atoms with Crippen molar-refractivity contribution in [3.05, 3.63) is 59.5 Å². The van der Waals surface area contributed by atoms with Gasteiger partial charge >= 0.3 is 0 Å². The molecule has 0 radical (unpaired) electrons. The third-order valence-corrected chi connectivity index (χ3v) is 7.50. The summed E-state index contributed by atoms with van der Waals surface area (Å²) in [6, 6.07) is 15.3. The van der Waals surface area contributed by atoms with Gasteiger partial charge in [-0.05, 0) is 69.9 Å². The summed E-state index contributed by atoms with van der Waals surface area (Å²) in [5, 5.41) is 0. The molecule has 1 saturated heterocycles. The smallest absolute Gasteiger partial charge is 0.141 e. The second-order valence-corrected chi connectivity index (χ2v) is 10.4. The molecule has 0 unspecified atom stereocenters. The summed E-state index contributed by atoms with van der Waals surface area (Å²) < 4.78 is 2.18. The molecule has 1 aliphatic heterocycles. The third-order valence-electron chi connectivity index (χ3n) is 7.50. The number of hydrogen-bond donors (Lipinski definition) is 0. The van der Waals surface area contributed by atoms with Gasteiger partial charge in [0.2, 0.25) is 0 Å². The van der Waals surface area contributed by atoms with Gasteiger partial charge < -0.3 is 9.47 Å². The average molecular weight is 467 g/mol. The molecule has 0 N–H and O–H groups in total. The molecule has 180 valence electrons. The van der Waals surface area contributed by atoms with Crippen molar-refractivity contribution in [3.8, 4) is 22.6 Å². The van der Waals surface area contributed by atoms with Crippen LogP contribution in [0.2, 0.25) is 0 Å². The lowest BCUT2D eigenvalue weighted by atomic mass is 10.1. The zero-order chi connectivity index (χ0) is 24.1.